The zero-order chi connectivity index (χ0) is 30.8. The van der Waals surface area contributed by atoms with E-state index in [9.17, 15) is 24.0 Å². The third kappa shape index (κ3) is 5.21. The Balaban J connectivity index is 1.93. The molecule has 4 rings (SSSR count). The molecule has 10 unspecified atom stereocenters. The maximum atomic E-state index is 14.3. The Morgan fingerprint density at radius 1 is 0.927 bits per heavy atom. The second-order valence-electron chi connectivity index (χ2n) is 13.5. The van der Waals surface area contributed by atoms with Gasteiger partial charge in [0.25, 0.3) is 0 Å². The SMILES string of the molecule is CC(=O)OC1C(C)C(=O)C23CC(C)C(OC(C)=O)C2(C=C(C)C(OC(=O)CC(C)C)C(OC(C)=O)C2C1C2(C)C)O3. The number of esters is 4. The summed E-state index contributed by atoms with van der Waals surface area (Å²) in [5.74, 6) is -4.04. The van der Waals surface area contributed by atoms with Gasteiger partial charge in [0, 0.05) is 39.0 Å². The third-order valence-corrected chi connectivity index (χ3v) is 9.41. The van der Waals surface area contributed by atoms with Gasteiger partial charge in [-0.05, 0) is 42.2 Å². The number of hydrogen-bond acceptors (Lipinski definition) is 10. The van der Waals surface area contributed by atoms with E-state index in [1.165, 1.54) is 20.8 Å². The second kappa shape index (κ2) is 10.5. The van der Waals surface area contributed by atoms with Gasteiger partial charge in [-0.2, -0.15) is 0 Å². The fraction of sp³-hybridized carbons (Fsp3) is 0.774. The highest BCUT2D eigenvalue weighted by Crippen LogP contribution is 2.68. The molecule has 10 atom stereocenters. The molecular formula is C31H44O10. The zero-order valence-electron chi connectivity index (χ0n) is 25.8. The molecule has 2 saturated carbocycles. The van der Waals surface area contributed by atoms with Crippen molar-refractivity contribution in [1.82, 2.24) is 0 Å². The van der Waals surface area contributed by atoms with Crippen molar-refractivity contribution in [2.24, 2.45) is 35.0 Å². The molecule has 0 aromatic rings. The van der Waals surface area contributed by atoms with Crippen molar-refractivity contribution in [2.45, 2.75) is 118 Å². The average Bonchev–Trinajstić information content (AvgIpc) is 3.61. The lowest BCUT2D eigenvalue weighted by Gasteiger charge is -2.30. The van der Waals surface area contributed by atoms with E-state index in [2.05, 4.69) is 0 Å². The summed E-state index contributed by atoms with van der Waals surface area (Å²) in [6.45, 7) is 17.0. The highest BCUT2D eigenvalue weighted by molar-refractivity contribution is 5.96. The number of hydrogen-bond donors (Lipinski definition) is 0. The molecule has 10 nitrogen and oxygen atoms in total. The van der Waals surface area contributed by atoms with Crippen LogP contribution < -0.4 is 0 Å². The van der Waals surface area contributed by atoms with E-state index < -0.39 is 70.8 Å². The predicted molar refractivity (Wildman–Crippen MR) is 145 cm³/mol. The molecule has 228 valence electrons. The minimum Gasteiger partial charge on any atom is -0.461 e. The van der Waals surface area contributed by atoms with Crippen LogP contribution in [0.4, 0.5) is 0 Å². The van der Waals surface area contributed by atoms with Gasteiger partial charge in [0.1, 0.15) is 18.3 Å². The minimum atomic E-state index is -1.31. The summed E-state index contributed by atoms with van der Waals surface area (Å²) in [5.41, 5.74) is -2.62. The van der Waals surface area contributed by atoms with Crippen molar-refractivity contribution in [3.63, 3.8) is 0 Å². The number of carbonyl (C=O) groups excluding carboxylic acids is 5. The summed E-state index contributed by atoms with van der Waals surface area (Å²) in [6, 6.07) is 0. The van der Waals surface area contributed by atoms with E-state index in [-0.39, 0.29) is 35.9 Å². The van der Waals surface area contributed by atoms with E-state index in [4.69, 9.17) is 23.7 Å². The Morgan fingerprint density at radius 2 is 1.46 bits per heavy atom. The molecule has 0 amide bonds. The topological polar surface area (TPSA) is 135 Å². The summed E-state index contributed by atoms with van der Waals surface area (Å²) >= 11 is 0. The summed E-state index contributed by atoms with van der Waals surface area (Å²) in [7, 11) is 0. The van der Waals surface area contributed by atoms with E-state index in [1.54, 1.807) is 19.9 Å². The second-order valence-corrected chi connectivity index (χ2v) is 13.5. The summed E-state index contributed by atoms with van der Waals surface area (Å²) in [6.07, 6.45) is -1.37. The average molecular weight is 577 g/mol. The molecule has 4 aliphatic rings. The molecule has 1 saturated heterocycles. The largest absolute Gasteiger partial charge is 0.461 e. The number of ketones is 1. The Hall–Kier alpha value is -2.75. The van der Waals surface area contributed by atoms with Gasteiger partial charge in [0.15, 0.2) is 23.1 Å². The van der Waals surface area contributed by atoms with Crippen molar-refractivity contribution in [1.29, 1.82) is 0 Å². The number of ether oxygens (including phenoxy) is 5. The van der Waals surface area contributed by atoms with Gasteiger partial charge in [-0.3, -0.25) is 24.0 Å². The van der Waals surface area contributed by atoms with Crippen LogP contribution in [0.1, 0.15) is 82.1 Å². The quantitative estimate of drug-likeness (QED) is 0.199. The van der Waals surface area contributed by atoms with E-state index in [0.29, 0.717) is 12.0 Å². The lowest BCUT2D eigenvalue weighted by molar-refractivity contribution is -0.167. The van der Waals surface area contributed by atoms with Crippen molar-refractivity contribution >= 4 is 29.7 Å². The molecule has 0 radical (unpaired) electrons. The van der Waals surface area contributed by atoms with Gasteiger partial charge in [-0.1, -0.05) is 41.5 Å². The minimum absolute atomic E-state index is 0.0284. The highest BCUT2D eigenvalue weighted by atomic mass is 16.7. The van der Waals surface area contributed by atoms with Crippen LogP contribution in [0, 0.1) is 35.0 Å². The van der Waals surface area contributed by atoms with E-state index >= 15 is 0 Å². The lowest BCUT2D eigenvalue weighted by Crippen LogP contribution is -2.43. The Morgan fingerprint density at radius 3 is 2.00 bits per heavy atom. The van der Waals surface area contributed by atoms with Gasteiger partial charge < -0.3 is 23.7 Å². The van der Waals surface area contributed by atoms with Crippen molar-refractivity contribution in [3.8, 4) is 0 Å². The maximum absolute atomic E-state index is 14.3. The standard InChI is InChI=1S/C31H44O10/c1-14(2)11-21(35)40-24-15(3)12-31-28(39-20(8)34)16(4)13-30(31,41-31)27(36)17(5)25(37-18(6)32)22-23(29(22,9)10)26(24)38-19(7)33/h12,14,16-17,22-26,28H,11,13H2,1-10H3. The molecule has 10 heteroatoms. The molecular weight excluding hydrogens is 532 g/mol. The molecule has 1 aliphatic heterocycles. The van der Waals surface area contributed by atoms with Gasteiger partial charge in [-0.15, -0.1) is 0 Å². The molecule has 0 bridgehead atoms. The molecule has 1 heterocycles. The van der Waals surface area contributed by atoms with Gasteiger partial charge in [0.05, 0.1) is 5.92 Å². The Bertz CT molecular complexity index is 1170. The number of Topliss-reactive ketones (excluding diaryl/α,β-unsaturated/α-hetero) is 1. The molecule has 0 N–H and O–H groups in total. The van der Waals surface area contributed by atoms with Gasteiger partial charge >= 0.3 is 23.9 Å². The first-order valence-electron chi connectivity index (χ1n) is 14.5. The van der Waals surface area contributed by atoms with E-state index in [1.807, 2.05) is 34.6 Å². The maximum Gasteiger partial charge on any atom is 0.306 e. The van der Waals surface area contributed by atoms with Crippen LogP contribution in [-0.2, 0) is 47.7 Å². The first-order valence-corrected chi connectivity index (χ1v) is 14.5. The lowest BCUT2D eigenvalue weighted by atomic mass is 9.80. The van der Waals surface area contributed by atoms with Crippen molar-refractivity contribution < 1.29 is 47.7 Å². The fourth-order valence-electron chi connectivity index (χ4n) is 7.74. The van der Waals surface area contributed by atoms with Crippen LogP contribution in [0.25, 0.3) is 0 Å². The molecule has 3 aliphatic carbocycles. The van der Waals surface area contributed by atoms with Crippen LogP contribution in [0.5, 0.6) is 0 Å². The van der Waals surface area contributed by atoms with Crippen LogP contribution in [0.15, 0.2) is 11.6 Å². The smallest absolute Gasteiger partial charge is 0.306 e. The molecule has 41 heavy (non-hydrogen) atoms. The highest BCUT2D eigenvalue weighted by Gasteiger charge is 2.84. The van der Waals surface area contributed by atoms with E-state index in [0.717, 1.165) is 0 Å². The Kier molecular flexibility index (Phi) is 7.99. The summed E-state index contributed by atoms with van der Waals surface area (Å²) in [5, 5.41) is 0. The molecule has 0 aromatic heterocycles. The summed E-state index contributed by atoms with van der Waals surface area (Å²) < 4.78 is 29.9. The number of carbonyl (C=O) groups is 5. The number of fused-ring (bicyclic) bond motifs is 1. The third-order valence-electron chi connectivity index (χ3n) is 9.41. The first kappa shape index (κ1) is 31.2. The van der Waals surface area contributed by atoms with Crippen LogP contribution in [0.2, 0.25) is 0 Å². The van der Waals surface area contributed by atoms with Gasteiger partial charge in [0.2, 0.25) is 0 Å². The van der Waals surface area contributed by atoms with Crippen molar-refractivity contribution in [3.05, 3.63) is 11.6 Å². The number of epoxide rings is 1. The predicted octanol–water partition coefficient (Wildman–Crippen LogP) is 3.72. The fourth-order valence-corrected chi connectivity index (χ4v) is 7.74. The normalized spacial score (nSPS) is 40.6. The monoisotopic (exact) mass is 576 g/mol. The molecule has 0 aromatic carbocycles. The Labute approximate surface area is 241 Å². The molecule has 3 fully saturated rings. The van der Waals surface area contributed by atoms with Crippen LogP contribution in [-0.4, -0.2) is 65.3 Å². The van der Waals surface area contributed by atoms with Crippen LogP contribution >= 0.6 is 0 Å². The van der Waals surface area contributed by atoms with Crippen molar-refractivity contribution in [2.75, 3.05) is 0 Å². The zero-order valence-corrected chi connectivity index (χ0v) is 25.8. The first-order chi connectivity index (χ1) is 18.9. The van der Waals surface area contributed by atoms with Crippen LogP contribution in [0.3, 0.4) is 0 Å². The van der Waals surface area contributed by atoms with Gasteiger partial charge in [-0.25, -0.2) is 0 Å². The summed E-state index contributed by atoms with van der Waals surface area (Å²) in [4.78, 5) is 64.4. The number of rotatable bonds is 6. The molecule has 0 spiro atoms.